The molecule has 0 unspecified atom stereocenters. The number of anilines is 3. The van der Waals surface area contributed by atoms with E-state index in [2.05, 4.69) is 48.4 Å². The van der Waals surface area contributed by atoms with Crippen LogP contribution in [-0.2, 0) is 6.42 Å². The van der Waals surface area contributed by atoms with Gasteiger partial charge >= 0.3 is 0 Å². The van der Waals surface area contributed by atoms with Gasteiger partial charge in [0.15, 0.2) is 0 Å². The van der Waals surface area contributed by atoms with Gasteiger partial charge in [0, 0.05) is 17.9 Å². The Labute approximate surface area is 153 Å². The number of nitrogens with one attached hydrogen (secondary N) is 1. The molecule has 1 aliphatic heterocycles. The van der Waals surface area contributed by atoms with Gasteiger partial charge in [-0.05, 0) is 67.3 Å². The molecule has 3 aromatic rings. The number of amides is 1. The summed E-state index contributed by atoms with van der Waals surface area (Å²) in [5.41, 5.74) is 6.99. The van der Waals surface area contributed by atoms with Crippen molar-refractivity contribution in [3.05, 3.63) is 83.2 Å². The van der Waals surface area contributed by atoms with E-state index < -0.39 is 0 Å². The molecule has 4 nitrogen and oxygen atoms in total. The molecule has 4 heteroatoms. The molecule has 0 atom stereocenters. The number of para-hydroxylation sites is 1. The summed E-state index contributed by atoms with van der Waals surface area (Å²) in [5, 5.41) is 3.35. The first-order valence-electron chi connectivity index (χ1n) is 8.81. The maximum absolute atomic E-state index is 12.8. The molecule has 0 fully saturated rings. The van der Waals surface area contributed by atoms with Crippen LogP contribution in [0.2, 0.25) is 0 Å². The number of rotatable bonds is 3. The zero-order valence-electron chi connectivity index (χ0n) is 15.0. The lowest BCUT2D eigenvalue weighted by molar-refractivity contribution is 0.0984. The molecule has 1 aromatic heterocycles. The number of nitrogens with zero attached hydrogens (tertiary/aromatic N) is 2. The third-order valence-electron chi connectivity index (χ3n) is 4.63. The summed E-state index contributed by atoms with van der Waals surface area (Å²) in [6, 6.07) is 18.1. The number of benzene rings is 2. The van der Waals surface area contributed by atoms with Crippen molar-refractivity contribution in [2.24, 2.45) is 0 Å². The highest BCUT2D eigenvalue weighted by Gasteiger charge is 2.25. The summed E-state index contributed by atoms with van der Waals surface area (Å²) in [6.45, 7) is 4.86. The molecule has 2 aromatic carbocycles. The van der Waals surface area contributed by atoms with Gasteiger partial charge < -0.3 is 10.2 Å². The maximum Gasteiger partial charge on any atom is 0.276 e. The monoisotopic (exact) mass is 343 g/mol. The van der Waals surface area contributed by atoms with E-state index in [1.54, 1.807) is 12.3 Å². The molecular formula is C22H21N3O. The summed E-state index contributed by atoms with van der Waals surface area (Å²) in [5.74, 6) is -0.0482. The highest BCUT2D eigenvalue weighted by molar-refractivity contribution is 6.06. The molecule has 0 bridgehead atoms. The quantitative estimate of drug-likeness (QED) is 0.753. The lowest BCUT2D eigenvalue weighted by Crippen LogP contribution is -2.29. The van der Waals surface area contributed by atoms with Crippen LogP contribution in [0.3, 0.4) is 0 Å². The van der Waals surface area contributed by atoms with Crippen LogP contribution in [0.4, 0.5) is 17.1 Å². The van der Waals surface area contributed by atoms with E-state index in [0.717, 1.165) is 23.5 Å². The summed E-state index contributed by atoms with van der Waals surface area (Å²) >= 11 is 0. The van der Waals surface area contributed by atoms with Crippen molar-refractivity contribution in [1.82, 2.24) is 4.98 Å². The van der Waals surface area contributed by atoms with E-state index in [0.29, 0.717) is 12.2 Å². The molecule has 0 radical (unpaired) electrons. The molecular weight excluding hydrogens is 322 g/mol. The standard InChI is InChI=1S/C22H21N3O/c1-15-11-16(2)13-19(12-15)24-18-7-8-20(23-14-18)22(26)25-10-9-17-5-3-4-6-21(17)25/h3-8,11-14,24H,9-10H2,1-2H3. The van der Waals surface area contributed by atoms with Crippen molar-refractivity contribution in [1.29, 1.82) is 0 Å². The smallest absolute Gasteiger partial charge is 0.276 e. The largest absolute Gasteiger partial charge is 0.354 e. The van der Waals surface area contributed by atoms with E-state index >= 15 is 0 Å². The van der Waals surface area contributed by atoms with Crippen molar-refractivity contribution in [2.45, 2.75) is 20.3 Å². The van der Waals surface area contributed by atoms with Crippen LogP contribution in [0.5, 0.6) is 0 Å². The minimum Gasteiger partial charge on any atom is -0.354 e. The first-order chi connectivity index (χ1) is 12.6. The van der Waals surface area contributed by atoms with Gasteiger partial charge in [0.1, 0.15) is 5.69 Å². The second kappa shape index (κ2) is 6.64. The van der Waals surface area contributed by atoms with E-state index in [-0.39, 0.29) is 5.91 Å². The molecule has 1 aliphatic rings. The van der Waals surface area contributed by atoms with Gasteiger partial charge in [-0.1, -0.05) is 24.3 Å². The van der Waals surface area contributed by atoms with Gasteiger partial charge in [0.05, 0.1) is 11.9 Å². The Morgan fingerprint density at radius 1 is 1.00 bits per heavy atom. The summed E-state index contributed by atoms with van der Waals surface area (Å²) in [6.07, 6.45) is 2.61. The number of carbonyl (C=O) groups is 1. The highest BCUT2D eigenvalue weighted by Crippen LogP contribution is 2.28. The summed E-state index contributed by atoms with van der Waals surface area (Å²) < 4.78 is 0. The summed E-state index contributed by atoms with van der Waals surface area (Å²) in [7, 11) is 0. The molecule has 0 saturated heterocycles. The molecule has 0 saturated carbocycles. The van der Waals surface area contributed by atoms with Crippen molar-refractivity contribution in [3.8, 4) is 0 Å². The second-order valence-electron chi connectivity index (χ2n) is 6.77. The van der Waals surface area contributed by atoms with Crippen molar-refractivity contribution >= 4 is 23.0 Å². The Kier molecular flexibility index (Phi) is 4.17. The first kappa shape index (κ1) is 16.3. The van der Waals surface area contributed by atoms with Gasteiger partial charge in [-0.15, -0.1) is 0 Å². The van der Waals surface area contributed by atoms with Crippen LogP contribution in [-0.4, -0.2) is 17.4 Å². The van der Waals surface area contributed by atoms with Gasteiger partial charge in [0.25, 0.3) is 5.91 Å². The van der Waals surface area contributed by atoms with Crippen LogP contribution >= 0.6 is 0 Å². The highest BCUT2D eigenvalue weighted by atomic mass is 16.2. The van der Waals surface area contributed by atoms with Crippen LogP contribution in [0.25, 0.3) is 0 Å². The van der Waals surface area contributed by atoms with E-state index in [9.17, 15) is 4.79 Å². The Morgan fingerprint density at radius 2 is 1.77 bits per heavy atom. The minimum atomic E-state index is -0.0482. The van der Waals surface area contributed by atoms with Crippen molar-refractivity contribution in [3.63, 3.8) is 0 Å². The third kappa shape index (κ3) is 3.18. The van der Waals surface area contributed by atoms with Crippen molar-refractivity contribution in [2.75, 3.05) is 16.8 Å². The van der Waals surface area contributed by atoms with Crippen LogP contribution in [0.15, 0.2) is 60.8 Å². The van der Waals surface area contributed by atoms with Crippen LogP contribution in [0, 0.1) is 13.8 Å². The average Bonchev–Trinajstić information content (AvgIpc) is 3.05. The van der Waals surface area contributed by atoms with Crippen LogP contribution in [0.1, 0.15) is 27.2 Å². The number of pyridine rings is 1. The van der Waals surface area contributed by atoms with Gasteiger partial charge in [-0.2, -0.15) is 0 Å². The number of aryl methyl sites for hydroxylation is 2. The molecule has 2 heterocycles. The second-order valence-corrected chi connectivity index (χ2v) is 6.77. The first-order valence-corrected chi connectivity index (χ1v) is 8.81. The third-order valence-corrected chi connectivity index (χ3v) is 4.63. The number of hydrogen-bond acceptors (Lipinski definition) is 3. The Bertz CT molecular complexity index is 943. The fourth-order valence-electron chi connectivity index (χ4n) is 3.50. The predicted molar refractivity (Wildman–Crippen MR) is 105 cm³/mol. The maximum atomic E-state index is 12.8. The minimum absolute atomic E-state index is 0.0482. The average molecular weight is 343 g/mol. The predicted octanol–water partition coefficient (Wildman–Crippen LogP) is 4.64. The lowest BCUT2D eigenvalue weighted by atomic mass is 10.1. The van der Waals surface area contributed by atoms with E-state index in [4.69, 9.17) is 0 Å². The molecule has 130 valence electrons. The molecule has 4 rings (SSSR count). The number of hydrogen-bond donors (Lipinski definition) is 1. The molecule has 0 aliphatic carbocycles. The molecule has 26 heavy (non-hydrogen) atoms. The fraction of sp³-hybridized carbons (Fsp3) is 0.182. The summed E-state index contributed by atoms with van der Waals surface area (Å²) in [4.78, 5) is 19.0. The van der Waals surface area contributed by atoms with Crippen molar-refractivity contribution < 1.29 is 4.79 Å². The zero-order valence-corrected chi connectivity index (χ0v) is 15.0. The van der Waals surface area contributed by atoms with Gasteiger partial charge in [0.2, 0.25) is 0 Å². The van der Waals surface area contributed by atoms with Crippen LogP contribution < -0.4 is 10.2 Å². The SMILES string of the molecule is Cc1cc(C)cc(Nc2ccc(C(=O)N3CCc4ccccc43)nc2)c1. The van der Waals surface area contributed by atoms with Gasteiger partial charge in [-0.25, -0.2) is 4.98 Å². The number of carbonyl (C=O) groups excluding carboxylic acids is 1. The topological polar surface area (TPSA) is 45.2 Å². The Balaban J connectivity index is 1.52. The molecule has 0 spiro atoms. The Hall–Kier alpha value is -3.14. The fourth-order valence-corrected chi connectivity index (χ4v) is 3.50. The van der Waals surface area contributed by atoms with E-state index in [1.807, 2.05) is 29.2 Å². The zero-order chi connectivity index (χ0) is 18.1. The molecule has 1 N–H and O–H groups in total. The number of fused-ring (bicyclic) bond motifs is 1. The lowest BCUT2D eigenvalue weighted by Gasteiger charge is -2.17. The Morgan fingerprint density at radius 3 is 2.50 bits per heavy atom. The molecule has 1 amide bonds. The normalized spacial score (nSPS) is 12.8. The van der Waals surface area contributed by atoms with Gasteiger partial charge in [-0.3, -0.25) is 4.79 Å². The van der Waals surface area contributed by atoms with E-state index in [1.165, 1.54) is 16.7 Å². The number of aromatic nitrogens is 1.